The van der Waals surface area contributed by atoms with Crippen LogP contribution in [0.5, 0.6) is 0 Å². The molecule has 0 aromatic heterocycles. The van der Waals surface area contributed by atoms with Gasteiger partial charge in [0.15, 0.2) is 0 Å². The van der Waals surface area contributed by atoms with Gasteiger partial charge >= 0.3 is 0 Å². The van der Waals surface area contributed by atoms with Gasteiger partial charge in [-0.1, -0.05) is 33.6 Å². The summed E-state index contributed by atoms with van der Waals surface area (Å²) in [5, 5.41) is 3.27. The summed E-state index contributed by atoms with van der Waals surface area (Å²) in [5.41, 5.74) is 5.80. The molecule has 0 bridgehead atoms. The molecule has 3 heteroatoms. The van der Waals surface area contributed by atoms with Crippen molar-refractivity contribution < 1.29 is 4.79 Å². The third kappa shape index (κ3) is 3.21. The van der Waals surface area contributed by atoms with Crippen LogP contribution in [0.15, 0.2) is 0 Å². The van der Waals surface area contributed by atoms with Crippen LogP contribution in [0.3, 0.4) is 0 Å². The van der Waals surface area contributed by atoms with E-state index >= 15 is 0 Å². The molecule has 1 fully saturated rings. The highest BCUT2D eigenvalue weighted by molar-refractivity contribution is 5.79. The minimum Gasteiger partial charge on any atom is -0.349 e. The number of nitrogens with one attached hydrogen (secondary N) is 1. The highest BCUT2D eigenvalue weighted by Crippen LogP contribution is 2.33. The first-order valence-electron chi connectivity index (χ1n) is 7.11. The van der Waals surface area contributed by atoms with E-state index in [0.29, 0.717) is 12.5 Å². The van der Waals surface area contributed by atoms with Gasteiger partial charge in [-0.15, -0.1) is 0 Å². The number of nitrogens with two attached hydrogens (primary N) is 1. The number of carbonyl (C=O) groups is 1. The lowest BCUT2D eigenvalue weighted by Crippen LogP contribution is -2.60. The van der Waals surface area contributed by atoms with Gasteiger partial charge in [-0.05, 0) is 31.6 Å². The molecule has 100 valence electrons. The monoisotopic (exact) mass is 240 g/mol. The number of carbonyl (C=O) groups excluding carboxylic acids is 1. The van der Waals surface area contributed by atoms with E-state index in [4.69, 9.17) is 5.73 Å². The fraction of sp³-hybridized carbons (Fsp3) is 0.929. The van der Waals surface area contributed by atoms with Gasteiger partial charge < -0.3 is 11.1 Å². The van der Waals surface area contributed by atoms with Crippen LogP contribution in [0.1, 0.15) is 59.3 Å². The van der Waals surface area contributed by atoms with Crippen LogP contribution in [0, 0.1) is 11.8 Å². The first-order valence-corrected chi connectivity index (χ1v) is 7.11. The molecule has 0 saturated heterocycles. The molecule has 17 heavy (non-hydrogen) atoms. The van der Waals surface area contributed by atoms with Crippen molar-refractivity contribution in [2.45, 2.75) is 64.8 Å². The molecule has 0 aromatic rings. The summed E-state index contributed by atoms with van der Waals surface area (Å²) in [6, 6.07) is 0. The molecule has 1 aliphatic rings. The largest absolute Gasteiger partial charge is 0.349 e. The fourth-order valence-electron chi connectivity index (χ4n) is 2.96. The van der Waals surface area contributed by atoms with Crippen LogP contribution in [-0.2, 0) is 4.79 Å². The van der Waals surface area contributed by atoms with E-state index in [1.54, 1.807) is 0 Å². The smallest absolute Gasteiger partial charge is 0.223 e. The van der Waals surface area contributed by atoms with Gasteiger partial charge in [0.2, 0.25) is 5.91 Å². The van der Waals surface area contributed by atoms with Crippen LogP contribution >= 0.6 is 0 Å². The Morgan fingerprint density at radius 2 is 2.06 bits per heavy atom. The van der Waals surface area contributed by atoms with Crippen molar-refractivity contribution in [2.75, 3.05) is 6.54 Å². The Kier molecular flexibility index (Phi) is 5.44. The predicted octanol–water partition coefficient (Wildman–Crippen LogP) is 2.45. The Hall–Kier alpha value is -0.570. The summed E-state index contributed by atoms with van der Waals surface area (Å²) in [7, 11) is 0. The molecule has 2 unspecified atom stereocenters. The molecule has 0 heterocycles. The molecule has 1 rings (SSSR count). The molecular weight excluding hydrogens is 212 g/mol. The standard InChI is InChI=1S/C14H28N2O/c1-4-12(5-2)13(17)16-14(10-15)9-7-6-8-11(14)3/h11-12H,4-10,15H2,1-3H3,(H,16,17). The summed E-state index contributed by atoms with van der Waals surface area (Å²) >= 11 is 0. The maximum atomic E-state index is 12.2. The number of rotatable bonds is 5. The second-order valence-electron chi connectivity index (χ2n) is 5.51. The topological polar surface area (TPSA) is 55.1 Å². The zero-order chi connectivity index (χ0) is 12.9. The van der Waals surface area contributed by atoms with E-state index in [0.717, 1.165) is 19.3 Å². The molecule has 0 spiro atoms. The molecule has 0 aliphatic heterocycles. The maximum absolute atomic E-state index is 12.2. The van der Waals surface area contributed by atoms with Crippen molar-refractivity contribution in [1.82, 2.24) is 5.32 Å². The van der Waals surface area contributed by atoms with E-state index in [1.807, 2.05) is 0 Å². The number of hydrogen-bond donors (Lipinski definition) is 2. The van der Waals surface area contributed by atoms with Gasteiger partial charge in [-0.2, -0.15) is 0 Å². The molecule has 3 nitrogen and oxygen atoms in total. The highest BCUT2D eigenvalue weighted by Gasteiger charge is 2.38. The summed E-state index contributed by atoms with van der Waals surface area (Å²) in [6.45, 7) is 6.94. The Balaban J connectivity index is 2.70. The number of amides is 1. The van der Waals surface area contributed by atoms with E-state index in [9.17, 15) is 4.79 Å². The minimum atomic E-state index is -0.141. The van der Waals surface area contributed by atoms with Crippen molar-refractivity contribution in [1.29, 1.82) is 0 Å². The van der Waals surface area contributed by atoms with Crippen molar-refractivity contribution in [2.24, 2.45) is 17.6 Å². The van der Waals surface area contributed by atoms with Crippen LogP contribution < -0.4 is 11.1 Å². The number of hydrogen-bond acceptors (Lipinski definition) is 2. The van der Waals surface area contributed by atoms with Crippen LogP contribution in [-0.4, -0.2) is 18.0 Å². The van der Waals surface area contributed by atoms with Gasteiger partial charge in [-0.25, -0.2) is 0 Å². The molecule has 0 aromatic carbocycles. The predicted molar refractivity (Wildman–Crippen MR) is 71.6 cm³/mol. The van der Waals surface area contributed by atoms with E-state index in [-0.39, 0.29) is 17.4 Å². The van der Waals surface area contributed by atoms with E-state index in [2.05, 4.69) is 26.1 Å². The molecular formula is C14H28N2O. The lowest BCUT2D eigenvalue weighted by Gasteiger charge is -2.43. The molecule has 3 N–H and O–H groups in total. The Bertz CT molecular complexity index is 251. The van der Waals surface area contributed by atoms with E-state index in [1.165, 1.54) is 19.3 Å². The summed E-state index contributed by atoms with van der Waals surface area (Å²) < 4.78 is 0. The maximum Gasteiger partial charge on any atom is 0.223 e. The second-order valence-corrected chi connectivity index (χ2v) is 5.51. The molecule has 2 atom stereocenters. The van der Waals surface area contributed by atoms with Crippen LogP contribution in [0.25, 0.3) is 0 Å². The average molecular weight is 240 g/mol. The third-order valence-electron chi connectivity index (χ3n) is 4.55. The van der Waals surface area contributed by atoms with E-state index < -0.39 is 0 Å². The van der Waals surface area contributed by atoms with Gasteiger partial charge in [0.25, 0.3) is 0 Å². The van der Waals surface area contributed by atoms with Crippen molar-refractivity contribution in [3.05, 3.63) is 0 Å². The molecule has 1 saturated carbocycles. The summed E-state index contributed by atoms with van der Waals surface area (Å²) in [4.78, 5) is 12.2. The Labute approximate surface area is 106 Å². The average Bonchev–Trinajstić information content (AvgIpc) is 2.34. The SMILES string of the molecule is CCC(CC)C(=O)NC1(CN)CCCCC1C. The first kappa shape index (κ1) is 14.5. The molecule has 1 amide bonds. The van der Waals surface area contributed by atoms with Crippen LogP contribution in [0.4, 0.5) is 0 Å². The lowest BCUT2D eigenvalue weighted by molar-refractivity contribution is -0.128. The van der Waals surface area contributed by atoms with Crippen molar-refractivity contribution in [3.63, 3.8) is 0 Å². The van der Waals surface area contributed by atoms with Gasteiger partial charge in [0, 0.05) is 12.5 Å². The van der Waals surface area contributed by atoms with Crippen LogP contribution in [0.2, 0.25) is 0 Å². The van der Waals surface area contributed by atoms with Gasteiger partial charge in [0.05, 0.1) is 5.54 Å². The van der Waals surface area contributed by atoms with Crippen molar-refractivity contribution >= 4 is 5.91 Å². The first-order chi connectivity index (χ1) is 8.09. The highest BCUT2D eigenvalue weighted by atomic mass is 16.2. The quantitative estimate of drug-likeness (QED) is 0.775. The zero-order valence-electron chi connectivity index (χ0n) is 11.6. The van der Waals surface area contributed by atoms with Gasteiger partial charge in [0.1, 0.15) is 0 Å². The van der Waals surface area contributed by atoms with Gasteiger partial charge in [-0.3, -0.25) is 4.79 Å². The summed E-state index contributed by atoms with van der Waals surface area (Å²) in [6.07, 6.45) is 6.50. The molecule has 0 radical (unpaired) electrons. The fourth-order valence-corrected chi connectivity index (χ4v) is 2.96. The Morgan fingerprint density at radius 1 is 1.41 bits per heavy atom. The Morgan fingerprint density at radius 3 is 2.53 bits per heavy atom. The lowest BCUT2D eigenvalue weighted by atomic mass is 9.73. The summed E-state index contributed by atoms with van der Waals surface area (Å²) in [5.74, 6) is 0.848. The zero-order valence-corrected chi connectivity index (χ0v) is 11.6. The third-order valence-corrected chi connectivity index (χ3v) is 4.55. The molecule has 1 aliphatic carbocycles. The normalized spacial score (nSPS) is 29.4. The second kappa shape index (κ2) is 6.39. The minimum absolute atomic E-state index is 0.141. The van der Waals surface area contributed by atoms with Crippen molar-refractivity contribution in [3.8, 4) is 0 Å².